The highest BCUT2D eigenvalue weighted by atomic mass is 16.3. The lowest BCUT2D eigenvalue weighted by Gasteiger charge is -2.26. The quantitative estimate of drug-likeness (QED) is 0.915. The highest BCUT2D eigenvalue weighted by molar-refractivity contribution is 5.49. The van der Waals surface area contributed by atoms with Crippen molar-refractivity contribution in [2.45, 2.75) is 51.0 Å². The number of fused-ring (bicyclic) bond motifs is 2. The molecule has 1 atom stereocenters. The standard InChI is InChI=1S/C19H23N3O/c1-13-21-17-9-5-3-7-15(17)18(22-13)20-12-19(23)11-10-14-6-2-4-8-16(14)19/h2,4,6,8,23H,3,5,7,9-12H2,1H3,(H,20,21,22). The maximum absolute atomic E-state index is 11.1. The number of anilines is 1. The summed E-state index contributed by atoms with van der Waals surface area (Å²) in [6, 6.07) is 8.21. The van der Waals surface area contributed by atoms with E-state index >= 15 is 0 Å². The summed E-state index contributed by atoms with van der Waals surface area (Å²) in [4.78, 5) is 9.19. The second-order valence-electron chi connectivity index (χ2n) is 6.79. The van der Waals surface area contributed by atoms with Crippen LogP contribution in [0, 0.1) is 6.92 Å². The van der Waals surface area contributed by atoms with Gasteiger partial charge in [-0.25, -0.2) is 9.97 Å². The van der Waals surface area contributed by atoms with Gasteiger partial charge in [0.25, 0.3) is 0 Å². The number of hydrogen-bond acceptors (Lipinski definition) is 4. The van der Waals surface area contributed by atoms with Crippen LogP contribution in [0.2, 0.25) is 0 Å². The molecule has 0 fully saturated rings. The van der Waals surface area contributed by atoms with E-state index in [2.05, 4.69) is 21.4 Å². The molecule has 2 N–H and O–H groups in total. The molecule has 0 saturated heterocycles. The van der Waals surface area contributed by atoms with Gasteiger partial charge in [0.15, 0.2) is 0 Å². The molecule has 0 spiro atoms. The SMILES string of the molecule is Cc1nc2c(c(NCC3(O)CCc4ccccc43)n1)CCCC2. The normalized spacial score (nSPS) is 22.5. The fraction of sp³-hybridized carbons (Fsp3) is 0.474. The Morgan fingerprint density at radius 1 is 1.13 bits per heavy atom. The predicted molar refractivity (Wildman–Crippen MR) is 90.6 cm³/mol. The third-order valence-electron chi connectivity index (χ3n) is 5.17. The highest BCUT2D eigenvalue weighted by Crippen LogP contribution is 2.37. The van der Waals surface area contributed by atoms with Crippen molar-refractivity contribution in [2.24, 2.45) is 0 Å². The van der Waals surface area contributed by atoms with Gasteiger partial charge in [0.2, 0.25) is 0 Å². The van der Waals surface area contributed by atoms with Gasteiger partial charge in [-0.05, 0) is 56.6 Å². The van der Waals surface area contributed by atoms with Gasteiger partial charge in [0.1, 0.15) is 17.2 Å². The van der Waals surface area contributed by atoms with Crippen molar-refractivity contribution >= 4 is 5.82 Å². The second-order valence-corrected chi connectivity index (χ2v) is 6.79. The highest BCUT2D eigenvalue weighted by Gasteiger charge is 2.36. The van der Waals surface area contributed by atoms with Crippen LogP contribution in [0.1, 0.15) is 47.5 Å². The molecule has 2 aliphatic rings. The number of aryl methyl sites for hydroxylation is 3. The zero-order valence-electron chi connectivity index (χ0n) is 13.6. The fourth-order valence-electron chi connectivity index (χ4n) is 3.95. The lowest BCUT2D eigenvalue weighted by Crippen LogP contribution is -2.32. The molecule has 2 aliphatic carbocycles. The summed E-state index contributed by atoms with van der Waals surface area (Å²) in [5, 5.41) is 14.5. The van der Waals surface area contributed by atoms with E-state index in [0.29, 0.717) is 6.54 Å². The van der Waals surface area contributed by atoms with Crippen molar-refractivity contribution in [2.75, 3.05) is 11.9 Å². The van der Waals surface area contributed by atoms with Crippen LogP contribution in [0.3, 0.4) is 0 Å². The van der Waals surface area contributed by atoms with E-state index in [9.17, 15) is 5.11 Å². The molecule has 1 heterocycles. The van der Waals surface area contributed by atoms with Crippen LogP contribution < -0.4 is 5.32 Å². The molecular weight excluding hydrogens is 286 g/mol. The molecule has 2 aromatic rings. The molecule has 0 radical (unpaired) electrons. The maximum atomic E-state index is 11.1. The zero-order valence-corrected chi connectivity index (χ0v) is 13.6. The van der Waals surface area contributed by atoms with Gasteiger partial charge in [0.05, 0.1) is 0 Å². The number of hydrogen-bond donors (Lipinski definition) is 2. The number of nitrogens with one attached hydrogen (secondary N) is 1. The minimum atomic E-state index is -0.795. The van der Waals surface area contributed by atoms with Crippen LogP contribution in [0.5, 0.6) is 0 Å². The van der Waals surface area contributed by atoms with Gasteiger partial charge in [0, 0.05) is 17.8 Å². The van der Waals surface area contributed by atoms with Crippen LogP contribution in [0.25, 0.3) is 0 Å². The summed E-state index contributed by atoms with van der Waals surface area (Å²) in [5.41, 5.74) is 3.96. The van der Waals surface area contributed by atoms with Crippen molar-refractivity contribution in [1.82, 2.24) is 9.97 Å². The average molecular weight is 309 g/mol. The topological polar surface area (TPSA) is 58.0 Å². The Kier molecular flexibility index (Phi) is 3.57. The largest absolute Gasteiger partial charge is 0.383 e. The van der Waals surface area contributed by atoms with E-state index in [1.54, 1.807) is 0 Å². The first kappa shape index (κ1) is 14.6. The Morgan fingerprint density at radius 3 is 2.87 bits per heavy atom. The summed E-state index contributed by atoms with van der Waals surface area (Å²) >= 11 is 0. The summed E-state index contributed by atoms with van der Waals surface area (Å²) in [7, 11) is 0. The lowest BCUT2D eigenvalue weighted by atomic mass is 9.94. The molecule has 0 bridgehead atoms. The molecule has 0 amide bonds. The average Bonchev–Trinajstić information content (AvgIpc) is 2.91. The van der Waals surface area contributed by atoms with Crippen molar-refractivity contribution < 1.29 is 5.11 Å². The predicted octanol–water partition coefficient (Wildman–Crippen LogP) is 2.91. The number of aliphatic hydroxyl groups is 1. The van der Waals surface area contributed by atoms with Crippen LogP contribution >= 0.6 is 0 Å². The first-order valence-electron chi connectivity index (χ1n) is 8.57. The van der Waals surface area contributed by atoms with Crippen LogP contribution in [0.4, 0.5) is 5.82 Å². The molecule has 4 heteroatoms. The van der Waals surface area contributed by atoms with Crippen molar-refractivity contribution in [3.63, 3.8) is 0 Å². The van der Waals surface area contributed by atoms with E-state index < -0.39 is 5.60 Å². The van der Waals surface area contributed by atoms with Gasteiger partial charge in [-0.15, -0.1) is 0 Å². The fourth-order valence-corrected chi connectivity index (χ4v) is 3.95. The molecule has 1 aromatic carbocycles. The maximum Gasteiger partial charge on any atom is 0.133 e. The summed E-state index contributed by atoms with van der Waals surface area (Å²) in [5.74, 6) is 1.73. The van der Waals surface area contributed by atoms with E-state index in [1.165, 1.54) is 29.7 Å². The Morgan fingerprint density at radius 2 is 1.96 bits per heavy atom. The summed E-state index contributed by atoms with van der Waals surface area (Å²) in [6.45, 7) is 2.45. The Hall–Kier alpha value is -1.94. The molecule has 0 aliphatic heterocycles. The molecule has 4 nitrogen and oxygen atoms in total. The van der Waals surface area contributed by atoms with Crippen LogP contribution in [-0.4, -0.2) is 21.6 Å². The first-order valence-corrected chi connectivity index (χ1v) is 8.57. The van der Waals surface area contributed by atoms with Crippen molar-refractivity contribution in [3.8, 4) is 0 Å². The molecule has 1 unspecified atom stereocenters. The second kappa shape index (κ2) is 5.60. The van der Waals surface area contributed by atoms with E-state index in [0.717, 1.165) is 42.9 Å². The van der Waals surface area contributed by atoms with E-state index in [4.69, 9.17) is 0 Å². The molecule has 23 heavy (non-hydrogen) atoms. The van der Waals surface area contributed by atoms with E-state index in [-0.39, 0.29) is 0 Å². The minimum absolute atomic E-state index is 0.507. The van der Waals surface area contributed by atoms with Gasteiger partial charge in [-0.3, -0.25) is 0 Å². The third-order valence-corrected chi connectivity index (χ3v) is 5.17. The third kappa shape index (κ3) is 2.61. The summed E-state index contributed by atoms with van der Waals surface area (Å²) < 4.78 is 0. The van der Waals surface area contributed by atoms with Gasteiger partial charge in [-0.1, -0.05) is 24.3 Å². The van der Waals surface area contributed by atoms with Crippen LogP contribution in [-0.2, 0) is 24.9 Å². The van der Waals surface area contributed by atoms with Crippen molar-refractivity contribution in [1.29, 1.82) is 0 Å². The molecule has 4 rings (SSSR count). The van der Waals surface area contributed by atoms with Crippen LogP contribution in [0.15, 0.2) is 24.3 Å². The first-order chi connectivity index (χ1) is 11.2. The van der Waals surface area contributed by atoms with E-state index in [1.807, 2.05) is 25.1 Å². The Bertz CT molecular complexity index is 743. The van der Waals surface area contributed by atoms with Gasteiger partial charge >= 0.3 is 0 Å². The Labute approximate surface area is 137 Å². The monoisotopic (exact) mass is 309 g/mol. The lowest BCUT2D eigenvalue weighted by molar-refractivity contribution is 0.0525. The number of rotatable bonds is 3. The number of nitrogens with zero attached hydrogens (tertiary/aromatic N) is 2. The number of aromatic nitrogens is 2. The minimum Gasteiger partial charge on any atom is -0.383 e. The van der Waals surface area contributed by atoms with Gasteiger partial charge in [-0.2, -0.15) is 0 Å². The van der Waals surface area contributed by atoms with Gasteiger partial charge < -0.3 is 10.4 Å². The smallest absolute Gasteiger partial charge is 0.133 e. The molecule has 1 aromatic heterocycles. The molecule has 120 valence electrons. The Balaban J connectivity index is 1.60. The molecule has 0 saturated carbocycles. The zero-order chi connectivity index (χ0) is 15.9. The molecular formula is C19H23N3O. The number of benzene rings is 1. The van der Waals surface area contributed by atoms with Crippen molar-refractivity contribution in [3.05, 3.63) is 52.5 Å². The summed E-state index contributed by atoms with van der Waals surface area (Å²) in [6.07, 6.45) is 6.19.